The molecule has 0 radical (unpaired) electrons. The zero-order valence-corrected chi connectivity index (χ0v) is 11.9. The highest BCUT2D eigenvalue weighted by Crippen LogP contribution is 2.27. The molecule has 0 saturated heterocycles. The zero-order chi connectivity index (χ0) is 16.8. The Morgan fingerprint density at radius 2 is 1.76 bits per heavy atom. The first-order chi connectivity index (χ1) is 9.39. The second-order valence-corrected chi connectivity index (χ2v) is 5.32. The number of hydrogen-bond donors (Lipinski definition) is 8. The highest BCUT2D eigenvalue weighted by atomic mass is 31.2. The van der Waals surface area contributed by atoms with Gasteiger partial charge in [0, 0.05) is 6.42 Å². The van der Waals surface area contributed by atoms with E-state index in [1.165, 1.54) is 25.1 Å². The molecule has 0 bridgehead atoms. The Morgan fingerprint density at radius 1 is 1.29 bits per heavy atom. The highest BCUT2D eigenvalue weighted by Gasteiger charge is 2.32. The molecule has 0 spiro atoms. The smallest absolute Gasteiger partial charge is 0.466 e. The van der Waals surface area contributed by atoms with Crippen LogP contribution in [0.25, 0.3) is 0 Å². The third kappa shape index (κ3) is 7.61. The van der Waals surface area contributed by atoms with Crippen LogP contribution in [0.4, 0.5) is 0 Å². The Kier molecular flexibility index (Phi) is 6.77. The normalized spacial score (nSPS) is 13.8. The van der Waals surface area contributed by atoms with Gasteiger partial charge in [-0.25, -0.2) is 9.99 Å². The zero-order valence-electron chi connectivity index (χ0n) is 11.0. The number of aromatic hydroxyl groups is 2. The minimum atomic E-state index is -4.64. The van der Waals surface area contributed by atoms with Crippen LogP contribution in [0.5, 0.6) is 11.5 Å². The average Bonchev–Trinajstić information content (AvgIpc) is 2.31. The number of carbonyl (C=O) groups is 1. The van der Waals surface area contributed by atoms with Crippen LogP contribution < -0.4 is 11.3 Å². The van der Waals surface area contributed by atoms with Crippen molar-refractivity contribution in [3.8, 4) is 11.5 Å². The number of aliphatic carboxylic acids is 1. The van der Waals surface area contributed by atoms with Crippen LogP contribution in [-0.2, 0) is 15.8 Å². The molecule has 21 heavy (non-hydrogen) atoms. The van der Waals surface area contributed by atoms with Gasteiger partial charge in [-0.1, -0.05) is 6.07 Å². The van der Waals surface area contributed by atoms with Crippen molar-refractivity contribution in [2.45, 2.75) is 18.9 Å². The lowest BCUT2D eigenvalue weighted by Gasteiger charge is -2.23. The number of phosphoric acid groups is 1. The number of carboxylic acid groups (broad SMARTS) is 1. The Balaban J connectivity index is 0.000000690. The van der Waals surface area contributed by atoms with Gasteiger partial charge in [-0.2, -0.15) is 0 Å². The Labute approximate surface area is 119 Å². The number of carboxylic acids is 1. The number of phenolic OH excluding ortho intramolecular Hbond substituents is 2. The summed E-state index contributed by atoms with van der Waals surface area (Å²) >= 11 is 0. The van der Waals surface area contributed by atoms with Gasteiger partial charge in [-0.3, -0.25) is 10.6 Å². The third-order valence-electron chi connectivity index (χ3n) is 2.39. The van der Waals surface area contributed by atoms with Crippen molar-refractivity contribution >= 4 is 13.8 Å². The van der Waals surface area contributed by atoms with Crippen LogP contribution in [0.1, 0.15) is 12.5 Å². The number of rotatable bonds is 4. The number of phenols is 2. The molecule has 10 nitrogen and oxygen atoms in total. The van der Waals surface area contributed by atoms with E-state index in [0.717, 1.165) is 0 Å². The minimum Gasteiger partial charge on any atom is -0.504 e. The van der Waals surface area contributed by atoms with Crippen LogP contribution in [0.2, 0.25) is 0 Å². The van der Waals surface area contributed by atoms with Crippen molar-refractivity contribution in [1.29, 1.82) is 0 Å². The van der Waals surface area contributed by atoms with Crippen molar-refractivity contribution in [2.24, 2.45) is 5.84 Å². The topological polar surface area (TPSA) is 194 Å². The molecular weight excluding hydrogens is 307 g/mol. The summed E-state index contributed by atoms with van der Waals surface area (Å²) in [4.78, 5) is 32.5. The second-order valence-electron chi connectivity index (χ2n) is 4.29. The van der Waals surface area contributed by atoms with Crippen LogP contribution in [0.3, 0.4) is 0 Å². The maximum Gasteiger partial charge on any atom is 0.466 e. The number of hydrazine groups is 1. The number of benzene rings is 1. The van der Waals surface area contributed by atoms with E-state index >= 15 is 0 Å². The fourth-order valence-corrected chi connectivity index (χ4v) is 1.28. The fraction of sp³-hybridized carbons (Fsp3) is 0.300. The molecule has 1 aromatic carbocycles. The molecular formula is C10H17N2O8P. The Bertz CT molecular complexity index is 538. The molecule has 120 valence electrons. The van der Waals surface area contributed by atoms with Gasteiger partial charge in [0.05, 0.1) is 0 Å². The van der Waals surface area contributed by atoms with Crippen LogP contribution >= 0.6 is 7.82 Å². The van der Waals surface area contributed by atoms with Crippen LogP contribution in [0, 0.1) is 0 Å². The summed E-state index contributed by atoms with van der Waals surface area (Å²) < 4.78 is 8.88. The summed E-state index contributed by atoms with van der Waals surface area (Å²) in [5.41, 5.74) is 1.45. The molecule has 0 aliphatic carbocycles. The number of nitrogens with two attached hydrogens (primary N) is 1. The van der Waals surface area contributed by atoms with Crippen molar-refractivity contribution in [3.63, 3.8) is 0 Å². The van der Waals surface area contributed by atoms with E-state index < -0.39 is 19.3 Å². The van der Waals surface area contributed by atoms with Gasteiger partial charge in [0.2, 0.25) is 0 Å². The van der Waals surface area contributed by atoms with Gasteiger partial charge < -0.3 is 30.0 Å². The summed E-state index contributed by atoms with van der Waals surface area (Å²) in [5, 5.41) is 27.3. The van der Waals surface area contributed by atoms with Crippen molar-refractivity contribution in [3.05, 3.63) is 23.8 Å². The molecule has 1 unspecified atom stereocenters. The lowest BCUT2D eigenvalue weighted by molar-refractivity contribution is -0.144. The van der Waals surface area contributed by atoms with E-state index in [4.69, 9.17) is 35.3 Å². The quantitative estimate of drug-likeness (QED) is 0.147. The Morgan fingerprint density at radius 3 is 2.10 bits per heavy atom. The molecule has 0 aliphatic heterocycles. The lowest BCUT2D eigenvalue weighted by Crippen LogP contribution is -2.54. The molecule has 0 aliphatic rings. The van der Waals surface area contributed by atoms with E-state index in [0.29, 0.717) is 5.56 Å². The summed E-state index contributed by atoms with van der Waals surface area (Å²) in [6.07, 6.45) is 0.0900. The van der Waals surface area contributed by atoms with E-state index in [2.05, 4.69) is 5.43 Å². The molecule has 1 aromatic rings. The first-order valence-corrected chi connectivity index (χ1v) is 6.96. The molecule has 1 rings (SSSR count). The summed E-state index contributed by atoms with van der Waals surface area (Å²) in [7, 11) is -4.64. The van der Waals surface area contributed by atoms with Gasteiger partial charge in [-0.15, -0.1) is 0 Å². The van der Waals surface area contributed by atoms with Crippen LogP contribution in [0.15, 0.2) is 18.2 Å². The molecule has 0 saturated carbocycles. The first kappa shape index (κ1) is 19.3. The lowest BCUT2D eigenvalue weighted by atomic mass is 9.93. The van der Waals surface area contributed by atoms with E-state index in [1.807, 2.05) is 0 Å². The van der Waals surface area contributed by atoms with Gasteiger partial charge in [0.1, 0.15) is 5.54 Å². The Hall–Kier alpha value is -1.68. The summed E-state index contributed by atoms with van der Waals surface area (Å²) in [6, 6.07) is 4.12. The molecule has 0 heterocycles. The first-order valence-electron chi connectivity index (χ1n) is 5.39. The monoisotopic (exact) mass is 324 g/mol. The van der Waals surface area contributed by atoms with E-state index in [-0.39, 0.29) is 17.9 Å². The molecule has 11 heteroatoms. The maximum absolute atomic E-state index is 11.0. The number of hydrogen-bond acceptors (Lipinski definition) is 6. The predicted molar refractivity (Wildman–Crippen MR) is 71.1 cm³/mol. The van der Waals surface area contributed by atoms with Crippen molar-refractivity contribution in [1.82, 2.24) is 5.43 Å². The van der Waals surface area contributed by atoms with Crippen molar-refractivity contribution < 1.29 is 39.4 Å². The third-order valence-corrected chi connectivity index (χ3v) is 2.39. The van der Waals surface area contributed by atoms with Crippen molar-refractivity contribution in [2.75, 3.05) is 0 Å². The van der Waals surface area contributed by atoms with Gasteiger partial charge in [0.15, 0.2) is 11.5 Å². The van der Waals surface area contributed by atoms with Crippen LogP contribution in [-0.4, -0.2) is 41.5 Å². The molecule has 1 atom stereocenters. The fourth-order valence-electron chi connectivity index (χ4n) is 1.28. The summed E-state index contributed by atoms with van der Waals surface area (Å²) in [6.45, 7) is 1.43. The highest BCUT2D eigenvalue weighted by molar-refractivity contribution is 7.45. The van der Waals surface area contributed by atoms with Gasteiger partial charge >= 0.3 is 13.8 Å². The predicted octanol–water partition coefficient (Wildman–Crippen LogP) is -0.982. The number of nitrogens with one attached hydrogen (secondary N) is 1. The van der Waals surface area contributed by atoms with Gasteiger partial charge in [-0.05, 0) is 24.6 Å². The van der Waals surface area contributed by atoms with Gasteiger partial charge in [0.25, 0.3) is 0 Å². The standard InChI is InChI=1S/C10H14N2O4.H3O4P/c1-10(12-11,9(15)16)5-6-2-3-7(13)8(14)4-6;1-5(2,3)4/h2-4,12-14H,5,11H2,1H3,(H,15,16);(H3,1,2,3,4). The minimum absolute atomic E-state index is 0.0900. The SMILES string of the molecule is CC(Cc1ccc(O)c(O)c1)(NN)C(=O)O.O=P(O)(O)O. The second kappa shape index (κ2) is 7.36. The average molecular weight is 324 g/mol. The summed E-state index contributed by atoms with van der Waals surface area (Å²) in [5.74, 6) is 3.55. The molecule has 0 fully saturated rings. The van der Waals surface area contributed by atoms with E-state index in [9.17, 15) is 9.90 Å². The maximum atomic E-state index is 11.0. The van der Waals surface area contributed by atoms with E-state index in [1.54, 1.807) is 0 Å². The molecule has 9 N–H and O–H groups in total. The molecule has 0 amide bonds. The molecule has 0 aromatic heterocycles. The largest absolute Gasteiger partial charge is 0.504 e.